The third kappa shape index (κ3) is 3.35. The van der Waals surface area contributed by atoms with Crippen LogP contribution in [0, 0.1) is 0 Å². The molecule has 0 saturated heterocycles. The van der Waals surface area contributed by atoms with Crippen molar-refractivity contribution in [3.63, 3.8) is 0 Å². The van der Waals surface area contributed by atoms with E-state index in [1.54, 1.807) is 18.2 Å². The predicted octanol–water partition coefficient (Wildman–Crippen LogP) is 1.30. The number of hydrogen-bond acceptors (Lipinski definition) is 5. The summed E-state index contributed by atoms with van der Waals surface area (Å²) in [5.74, 6) is 0.614. The van der Waals surface area contributed by atoms with E-state index in [9.17, 15) is 9.90 Å². The number of aliphatic hydroxyl groups is 1. The molecule has 5 heteroatoms. The lowest BCUT2D eigenvalue weighted by molar-refractivity contribution is -0.142. The minimum atomic E-state index is -0.915. The van der Waals surface area contributed by atoms with Gasteiger partial charge in [0.25, 0.3) is 0 Å². The first-order valence-corrected chi connectivity index (χ1v) is 5.09. The molecule has 0 heterocycles. The second kappa shape index (κ2) is 6.10. The van der Waals surface area contributed by atoms with Gasteiger partial charge in [0.1, 0.15) is 0 Å². The smallest absolute Gasteiger partial charge is 0.308 e. The van der Waals surface area contributed by atoms with Crippen LogP contribution in [0.3, 0.4) is 0 Å². The molecule has 0 unspecified atom stereocenters. The molecule has 0 bridgehead atoms. The molecule has 0 aliphatic heterocycles. The van der Waals surface area contributed by atoms with Crippen LogP contribution in [0.15, 0.2) is 18.2 Å². The van der Waals surface area contributed by atoms with Crippen LogP contribution >= 0.6 is 0 Å². The Morgan fingerprint density at radius 3 is 2.41 bits per heavy atom. The largest absolute Gasteiger partial charge is 0.493 e. The molecule has 1 atom stereocenters. The average molecular weight is 240 g/mol. The van der Waals surface area contributed by atoms with Crippen molar-refractivity contribution in [1.29, 1.82) is 0 Å². The number of methoxy groups -OCH3 is 3. The number of ether oxygens (including phenoxy) is 3. The maximum atomic E-state index is 11.0. The molecule has 0 radical (unpaired) electrons. The molecule has 5 nitrogen and oxygen atoms in total. The van der Waals surface area contributed by atoms with Gasteiger partial charge in [-0.1, -0.05) is 6.07 Å². The summed E-state index contributed by atoms with van der Waals surface area (Å²) in [4.78, 5) is 11.0. The Kier molecular flexibility index (Phi) is 4.78. The molecular formula is C12H16O5. The molecule has 1 aromatic rings. The third-order valence-electron chi connectivity index (χ3n) is 2.38. The van der Waals surface area contributed by atoms with Crippen LogP contribution in [0.5, 0.6) is 11.5 Å². The molecule has 1 N–H and O–H groups in total. The highest BCUT2D eigenvalue weighted by Crippen LogP contribution is 2.30. The van der Waals surface area contributed by atoms with E-state index in [-0.39, 0.29) is 6.42 Å². The fourth-order valence-electron chi connectivity index (χ4n) is 1.42. The second-order valence-corrected chi connectivity index (χ2v) is 3.41. The molecule has 0 fully saturated rings. The molecular weight excluding hydrogens is 224 g/mol. The minimum Gasteiger partial charge on any atom is -0.493 e. The van der Waals surface area contributed by atoms with E-state index in [0.29, 0.717) is 17.1 Å². The van der Waals surface area contributed by atoms with Gasteiger partial charge < -0.3 is 19.3 Å². The fourth-order valence-corrected chi connectivity index (χ4v) is 1.42. The van der Waals surface area contributed by atoms with Crippen LogP contribution < -0.4 is 9.47 Å². The van der Waals surface area contributed by atoms with E-state index >= 15 is 0 Å². The number of rotatable bonds is 5. The van der Waals surface area contributed by atoms with Crippen molar-refractivity contribution in [3.8, 4) is 11.5 Å². The van der Waals surface area contributed by atoms with Gasteiger partial charge in [0.2, 0.25) is 0 Å². The molecule has 17 heavy (non-hydrogen) atoms. The monoisotopic (exact) mass is 240 g/mol. The summed E-state index contributed by atoms with van der Waals surface area (Å²) >= 11 is 0. The number of aliphatic hydroxyl groups excluding tert-OH is 1. The van der Waals surface area contributed by atoms with Crippen molar-refractivity contribution in [2.24, 2.45) is 0 Å². The molecule has 0 aliphatic rings. The van der Waals surface area contributed by atoms with Gasteiger partial charge in [-0.3, -0.25) is 4.79 Å². The molecule has 0 saturated carbocycles. The topological polar surface area (TPSA) is 65.0 Å². The zero-order chi connectivity index (χ0) is 12.8. The normalized spacial score (nSPS) is 11.8. The Balaban J connectivity index is 2.87. The van der Waals surface area contributed by atoms with Crippen molar-refractivity contribution in [2.75, 3.05) is 21.3 Å². The first kappa shape index (κ1) is 13.3. The summed E-state index contributed by atoms with van der Waals surface area (Å²) in [6.45, 7) is 0. The molecule has 0 aliphatic carbocycles. The van der Waals surface area contributed by atoms with E-state index in [1.165, 1.54) is 21.3 Å². The highest BCUT2D eigenvalue weighted by molar-refractivity contribution is 5.70. The van der Waals surface area contributed by atoms with Gasteiger partial charge in [-0.05, 0) is 17.7 Å². The van der Waals surface area contributed by atoms with Crippen LogP contribution in [-0.4, -0.2) is 32.4 Å². The Bertz CT molecular complexity index is 388. The van der Waals surface area contributed by atoms with Gasteiger partial charge in [-0.15, -0.1) is 0 Å². The van der Waals surface area contributed by atoms with Gasteiger partial charge in [0.05, 0.1) is 33.9 Å². The lowest BCUT2D eigenvalue weighted by Gasteiger charge is -2.13. The lowest BCUT2D eigenvalue weighted by atomic mass is 10.1. The molecule has 94 valence electrons. The Morgan fingerprint density at radius 1 is 1.24 bits per heavy atom. The van der Waals surface area contributed by atoms with Crippen molar-refractivity contribution in [3.05, 3.63) is 23.8 Å². The zero-order valence-electron chi connectivity index (χ0n) is 10.1. The highest BCUT2D eigenvalue weighted by Gasteiger charge is 2.15. The summed E-state index contributed by atoms with van der Waals surface area (Å²) in [5.41, 5.74) is 0.577. The van der Waals surface area contributed by atoms with Gasteiger partial charge in [-0.2, -0.15) is 0 Å². The van der Waals surface area contributed by atoms with Crippen molar-refractivity contribution in [1.82, 2.24) is 0 Å². The summed E-state index contributed by atoms with van der Waals surface area (Å²) in [6.07, 6.45) is -1.01. The van der Waals surface area contributed by atoms with E-state index in [1.807, 2.05) is 0 Å². The number of hydrogen-bond donors (Lipinski definition) is 1. The standard InChI is InChI=1S/C12H16O5/c1-15-10-5-4-8(6-11(10)16-2)9(13)7-12(14)17-3/h4-6,9,13H,7H2,1-3H3/t9-/m0/s1. The van der Waals surface area contributed by atoms with Crippen LogP contribution in [-0.2, 0) is 9.53 Å². The molecule has 0 aromatic heterocycles. The Labute approximate surface area is 99.9 Å². The summed E-state index contributed by atoms with van der Waals surface area (Å²) in [7, 11) is 4.32. The average Bonchev–Trinajstić information content (AvgIpc) is 2.37. The van der Waals surface area contributed by atoms with Gasteiger partial charge in [0.15, 0.2) is 11.5 Å². The Morgan fingerprint density at radius 2 is 1.88 bits per heavy atom. The number of carbonyl (C=O) groups excluding carboxylic acids is 1. The fraction of sp³-hybridized carbons (Fsp3) is 0.417. The van der Waals surface area contributed by atoms with Crippen LogP contribution in [0.25, 0.3) is 0 Å². The summed E-state index contributed by atoms with van der Waals surface area (Å²) in [5, 5.41) is 9.81. The van der Waals surface area contributed by atoms with Crippen molar-refractivity contribution < 1.29 is 24.1 Å². The summed E-state index contributed by atoms with van der Waals surface area (Å²) < 4.78 is 14.7. The first-order valence-electron chi connectivity index (χ1n) is 5.09. The predicted molar refractivity (Wildman–Crippen MR) is 61.1 cm³/mol. The molecule has 1 rings (SSSR count). The van der Waals surface area contributed by atoms with E-state index in [0.717, 1.165) is 0 Å². The van der Waals surface area contributed by atoms with Crippen molar-refractivity contribution >= 4 is 5.97 Å². The number of carbonyl (C=O) groups is 1. The summed E-state index contributed by atoms with van der Waals surface area (Å²) in [6, 6.07) is 4.98. The maximum Gasteiger partial charge on any atom is 0.308 e. The molecule has 0 amide bonds. The van der Waals surface area contributed by atoms with Gasteiger partial charge in [0, 0.05) is 0 Å². The SMILES string of the molecule is COC(=O)C[C@H](O)c1ccc(OC)c(OC)c1. The van der Waals surface area contributed by atoms with E-state index in [4.69, 9.17) is 9.47 Å². The Hall–Kier alpha value is -1.75. The minimum absolute atomic E-state index is 0.0913. The van der Waals surface area contributed by atoms with Gasteiger partial charge in [-0.25, -0.2) is 0 Å². The zero-order valence-corrected chi connectivity index (χ0v) is 10.1. The highest BCUT2D eigenvalue weighted by atomic mass is 16.5. The molecule has 0 spiro atoms. The maximum absolute atomic E-state index is 11.0. The first-order chi connectivity index (χ1) is 8.12. The van der Waals surface area contributed by atoms with Crippen molar-refractivity contribution in [2.45, 2.75) is 12.5 Å². The van der Waals surface area contributed by atoms with E-state index in [2.05, 4.69) is 4.74 Å². The number of esters is 1. The third-order valence-corrected chi connectivity index (χ3v) is 2.38. The second-order valence-electron chi connectivity index (χ2n) is 3.41. The number of benzene rings is 1. The lowest BCUT2D eigenvalue weighted by Crippen LogP contribution is -2.08. The van der Waals surface area contributed by atoms with Crippen LogP contribution in [0.4, 0.5) is 0 Å². The van der Waals surface area contributed by atoms with Crippen LogP contribution in [0.1, 0.15) is 18.1 Å². The van der Waals surface area contributed by atoms with Gasteiger partial charge >= 0.3 is 5.97 Å². The van der Waals surface area contributed by atoms with E-state index < -0.39 is 12.1 Å². The molecule has 1 aromatic carbocycles. The van der Waals surface area contributed by atoms with Crippen LogP contribution in [0.2, 0.25) is 0 Å². The quantitative estimate of drug-likeness (QED) is 0.786.